The number of rotatable bonds is 7. The molecule has 20 heavy (non-hydrogen) atoms. The third-order valence-corrected chi connectivity index (χ3v) is 4.96. The highest BCUT2D eigenvalue weighted by atomic mass is 32.2. The van der Waals surface area contributed by atoms with Gasteiger partial charge in [-0.3, -0.25) is 0 Å². The molecular weight excluding hydrogens is 276 g/mol. The fourth-order valence-electron chi connectivity index (χ4n) is 2.39. The van der Waals surface area contributed by atoms with Gasteiger partial charge in [0.1, 0.15) is 5.82 Å². The number of nitrogen functional groups attached to an aromatic ring is 1. The zero-order valence-electron chi connectivity index (χ0n) is 12.4. The first kappa shape index (κ1) is 15.2. The van der Waals surface area contributed by atoms with Crippen molar-refractivity contribution in [3.05, 3.63) is 0 Å². The van der Waals surface area contributed by atoms with Crippen molar-refractivity contribution >= 4 is 21.5 Å². The van der Waals surface area contributed by atoms with Gasteiger partial charge >= 0.3 is 0 Å². The summed E-state index contributed by atoms with van der Waals surface area (Å²) < 4.78 is 25.6. The van der Waals surface area contributed by atoms with Crippen molar-refractivity contribution in [3.8, 4) is 0 Å². The Morgan fingerprint density at radius 1 is 1.40 bits per heavy atom. The van der Waals surface area contributed by atoms with Crippen molar-refractivity contribution in [1.82, 2.24) is 9.78 Å². The molecule has 114 valence electrons. The zero-order valence-corrected chi connectivity index (χ0v) is 13.2. The molecule has 1 fully saturated rings. The van der Waals surface area contributed by atoms with Crippen LogP contribution in [0, 0.1) is 5.92 Å². The maximum atomic E-state index is 12.0. The highest BCUT2D eigenvalue weighted by molar-refractivity contribution is 7.91. The monoisotopic (exact) mass is 300 g/mol. The lowest BCUT2D eigenvalue weighted by atomic mass is 10.2. The Morgan fingerprint density at radius 3 is 2.45 bits per heavy atom. The molecule has 1 aliphatic rings. The summed E-state index contributed by atoms with van der Waals surface area (Å²) in [5.41, 5.74) is 6.05. The van der Waals surface area contributed by atoms with Crippen LogP contribution in [-0.4, -0.2) is 31.0 Å². The molecule has 7 heteroatoms. The number of hydrogen-bond donors (Lipinski definition) is 2. The SMILES string of the molecule is CCC(CC)n1nc(NCC2CC2)c(S(C)(=O)=O)c1N. The second kappa shape index (κ2) is 5.63. The van der Waals surface area contributed by atoms with Crippen molar-refractivity contribution in [1.29, 1.82) is 0 Å². The minimum atomic E-state index is -3.39. The molecule has 1 heterocycles. The second-order valence-electron chi connectivity index (χ2n) is 5.57. The Balaban J connectivity index is 2.39. The van der Waals surface area contributed by atoms with E-state index >= 15 is 0 Å². The largest absolute Gasteiger partial charge is 0.383 e. The fourth-order valence-corrected chi connectivity index (χ4v) is 3.33. The molecule has 0 spiro atoms. The molecule has 0 amide bonds. The molecule has 2 rings (SSSR count). The Labute approximate surface area is 120 Å². The predicted octanol–water partition coefficient (Wildman–Crippen LogP) is 2.05. The van der Waals surface area contributed by atoms with E-state index in [9.17, 15) is 8.42 Å². The van der Waals surface area contributed by atoms with Gasteiger partial charge in [0.2, 0.25) is 0 Å². The first-order valence-corrected chi connectivity index (χ1v) is 9.09. The summed E-state index contributed by atoms with van der Waals surface area (Å²) in [6.45, 7) is 4.86. The summed E-state index contributed by atoms with van der Waals surface area (Å²) in [4.78, 5) is 0.144. The van der Waals surface area contributed by atoms with Crippen LogP contribution in [0.3, 0.4) is 0 Å². The highest BCUT2D eigenvalue weighted by Crippen LogP contribution is 2.33. The van der Waals surface area contributed by atoms with Gasteiger partial charge in [-0.05, 0) is 31.6 Å². The molecule has 0 aliphatic heterocycles. The molecule has 1 saturated carbocycles. The average molecular weight is 300 g/mol. The Kier molecular flexibility index (Phi) is 4.27. The molecule has 0 atom stereocenters. The van der Waals surface area contributed by atoms with E-state index in [2.05, 4.69) is 10.4 Å². The molecule has 1 aliphatic carbocycles. The third kappa shape index (κ3) is 3.08. The highest BCUT2D eigenvalue weighted by Gasteiger charge is 2.28. The van der Waals surface area contributed by atoms with Gasteiger partial charge in [-0.2, -0.15) is 5.10 Å². The Bertz CT molecular complexity index is 571. The van der Waals surface area contributed by atoms with Gasteiger partial charge in [-0.25, -0.2) is 13.1 Å². The van der Waals surface area contributed by atoms with Gasteiger partial charge < -0.3 is 11.1 Å². The molecule has 0 aromatic carbocycles. The summed E-state index contributed by atoms with van der Waals surface area (Å²) in [6, 6.07) is 0.131. The summed E-state index contributed by atoms with van der Waals surface area (Å²) in [5, 5.41) is 7.57. The van der Waals surface area contributed by atoms with Gasteiger partial charge in [0, 0.05) is 12.8 Å². The van der Waals surface area contributed by atoms with Crippen LogP contribution in [0.1, 0.15) is 45.6 Å². The van der Waals surface area contributed by atoms with Crippen LogP contribution in [0.2, 0.25) is 0 Å². The normalized spacial score (nSPS) is 15.8. The van der Waals surface area contributed by atoms with Crippen LogP contribution in [0.15, 0.2) is 4.90 Å². The van der Waals surface area contributed by atoms with Crippen molar-refractivity contribution in [2.24, 2.45) is 5.92 Å². The first-order valence-electron chi connectivity index (χ1n) is 7.20. The van der Waals surface area contributed by atoms with E-state index in [0.29, 0.717) is 11.7 Å². The molecular formula is C13H24N4O2S. The van der Waals surface area contributed by atoms with E-state index in [1.807, 2.05) is 13.8 Å². The number of anilines is 2. The van der Waals surface area contributed by atoms with Crippen molar-refractivity contribution < 1.29 is 8.42 Å². The van der Waals surface area contributed by atoms with Gasteiger partial charge in [0.05, 0.1) is 6.04 Å². The Hall–Kier alpha value is -1.24. The molecule has 1 aromatic rings. The van der Waals surface area contributed by atoms with Gasteiger partial charge in [-0.1, -0.05) is 13.8 Å². The van der Waals surface area contributed by atoms with E-state index in [4.69, 9.17) is 5.73 Å². The van der Waals surface area contributed by atoms with Crippen LogP contribution >= 0.6 is 0 Å². The molecule has 0 saturated heterocycles. The standard InChI is InChI=1S/C13H24N4O2S/c1-4-10(5-2)17-12(14)11(20(3,18)19)13(16-17)15-8-9-6-7-9/h9-10H,4-8,14H2,1-3H3,(H,15,16). The average Bonchev–Trinajstić information content (AvgIpc) is 3.12. The summed E-state index contributed by atoms with van der Waals surface area (Å²) in [7, 11) is -3.39. The predicted molar refractivity (Wildman–Crippen MR) is 80.6 cm³/mol. The Morgan fingerprint density at radius 2 is 2.00 bits per heavy atom. The summed E-state index contributed by atoms with van der Waals surface area (Å²) in [5.74, 6) is 1.30. The van der Waals surface area contributed by atoms with Crippen LogP contribution in [0.5, 0.6) is 0 Å². The minimum Gasteiger partial charge on any atom is -0.383 e. The number of aromatic nitrogens is 2. The van der Waals surface area contributed by atoms with Crippen molar-refractivity contribution in [2.45, 2.75) is 50.5 Å². The number of nitrogens with zero attached hydrogens (tertiary/aromatic N) is 2. The molecule has 3 N–H and O–H groups in total. The van der Waals surface area contributed by atoms with E-state index in [1.54, 1.807) is 4.68 Å². The lowest BCUT2D eigenvalue weighted by Gasteiger charge is -2.14. The summed E-state index contributed by atoms with van der Waals surface area (Å²) in [6.07, 6.45) is 5.31. The smallest absolute Gasteiger partial charge is 0.182 e. The van der Waals surface area contributed by atoms with Gasteiger partial charge in [-0.15, -0.1) is 0 Å². The number of sulfone groups is 1. The van der Waals surface area contributed by atoms with Crippen molar-refractivity contribution in [3.63, 3.8) is 0 Å². The fraction of sp³-hybridized carbons (Fsp3) is 0.769. The van der Waals surface area contributed by atoms with Crippen LogP contribution in [0.4, 0.5) is 11.6 Å². The van der Waals surface area contributed by atoms with Crippen LogP contribution < -0.4 is 11.1 Å². The maximum absolute atomic E-state index is 12.0. The topological polar surface area (TPSA) is 90.0 Å². The molecule has 6 nitrogen and oxygen atoms in total. The first-order chi connectivity index (χ1) is 9.38. The number of nitrogens with two attached hydrogens (primary N) is 1. The lowest BCUT2D eigenvalue weighted by molar-refractivity contribution is 0.435. The number of nitrogens with one attached hydrogen (secondary N) is 1. The third-order valence-electron chi connectivity index (χ3n) is 3.82. The van der Waals surface area contributed by atoms with E-state index in [1.165, 1.54) is 19.1 Å². The van der Waals surface area contributed by atoms with Crippen LogP contribution in [0.25, 0.3) is 0 Å². The lowest BCUT2D eigenvalue weighted by Crippen LogP contribution is -2.12. The molecule has 1 aromatic heterocycles. The minimum absolute atomic E-state index is 0.131. The molecule has 0 unspecified atom stereocenters. The van der Waals surface area contributed by atoms with Crippen LogP contribution in [-0.2, 0) is 9.84 Å². The van der Waals surface area contributed by atoms with Gasteiger partial charge in [0.15, 0.2) is 20.6 Å². The van der Waals surface area contributed by atoms with Crippen molar-refractivity contribution in [2.75, 3.05) is 23.9 Å². The molecule has 0 radical (unpaired) electrons. The van der Waals surface area contributed by atoms with E-state index in [0.717, 1.165) is 19.4 Å². The number of hydrogen-bond acceptors (Lipinski definition) is 5. The molecule has 0 bridgehead atoms. The second-order valence-corrected chi connectivity index (χ2v) is 7.53. The van der Waals surface area contributed by atoms with E-state index in [-0.39, 0.29) is 16.8 Å². The van der Waals surface area contributed by atoms with Gasteiger partial charge in [0.25, 0.3) is 0 Å². The quantitative estimate of drug-likeness (QED) is 0.804. The summed E-state index contributed by atoms with van der Waals surface area (Å²) >= 11 is 0. The van der Waals surface area contributed by atoms with E-state index < -0.39 is 9.84 Å². The maximum Gasteiger partial charge on any atom is 0.182 e. The zero-order chi connectivity index (χ0) is 14.9.